The molecule has 14 nitrogen and oxygen atoms in total. The maximum atomic E-state index is 14.0. The van der Waals surface area contributed by atoms with E-state index in [1.807, 2.05) is 0 Å². The lowest BCUT2D eigenvalue weighted by atomic mass is 9.46. The Morgan fingerprint density at radius 2 is 1.84 bits per heavy atom. The number of aliphatic hydroxyl groups excluding tert-OH is 2. The molecule has 240 valence electrons. The fourth-order valence-electron chi connectivity index (χ4n) is 7.68. The van der Waals surface area contributed by atoms with Crippen LogP contribution in [-0.2, 0) is 49.3 Å². The van der Waals surface area contributed by atoms with Gasteiger partial charge >= 0.3 is 23.9 Å². The Morgan fingerprint density at radius 1 is 1.14 bits per heavy atom. The maximum Gasteiger partial charge on any atom is 0.340 e. The van der Waals surface area contributed by atoms with E-state index in [9.17, 15) is 39.3 Å². The minimum atomic E-state index is -2.49. The Kier molecular flexibility index (Phi) is 7.89. The van der Waals surface area contributed by atoms with Gasteiger partial charge in [0.05, 0.1) is 34.6 Å². The highest BCUT2D eigenvalue weighted by molar-refractivity contribution is 5.91. The van der Waals surface area contributed by atoms with Crippen molar-refractivity contribution in [3.8, 4) is 0 Å². The number of cyclic esters (lactones) is 1. The van der Waals surface area contributed by atoms with Crippen LogP contribution in [0.25, 0.3) is 0 Å². The van der Waals surface area contributed by atoms with Crippen molar-refractivity contribution in [3.05, 3.63) is 29.6 Å². The van der Waals surface area contributed by atoms with Gasteiger partial charge in [-0.1, -0.05) is 6.92 Å². The number of hydrogen-bond acceptors (Lipinski definition) is 14. The summed E-state index contributed by atoms with van der Waals surface area (Å²) in [6, 6.07) is 3.04. The number of Topliss-reactive ketones (excluding diaryl/α,β-unsaturated/α-hetero) is 1. The normalized spacial score (nSPS) is 41.9. The van der Waals surface area contributed by atoms with Gasteiger partial charge < -0.3 is 39.0 Å². The van der Waals surface area contributed by atoms with Crippen molar-refractivity contribution in [3.63, 3.8) is 0 Å². The molecular weight excluding hydrogens is 582 g/mol. The minimum absolute atomic E-state index is 0.120. The molecule has 2 saturated carbocycles. The van der Waals surface area contributed by atoms with Crippen LogP contribution >= 0.6 is 0 Å². The Labute approximate surface area is 253 Å². The van der Waals surface area contributed by atoms with E-state index in [-0.39, 0.29) is 18.4 Å². The van der Waals surface area contributed by atoms with Gasteiger partial charge in [-0.3, -0.25) is 24.2 Å². The van der Waals surface area contributed by atoms with Crippen molar-refractivity contribution < 1.29 is 63.0 Å². The van der Waals surface area contributed by atoms with E-state index < -0.39 is 108 Å². The number of carbonyl (C=O) groups excluding carboxylic acids is 5. The van der Waals surface area contributed by atoms with E-state index in [0.29, 0.717) is 5.69 Å². The van der Waals surface area contributed by atoms with Crippen LogP contribution in [0.5, 0.6) is 0 Å². The highest BCUT2D eigenvalue weighted by Crippen LogP contribution is 2.67. The zero-order chi connectivity index (χ0) is 32.4. The summed E-state index contributed by atoms with van der Waals surface area (Å²) in [5.74, 6) is -6.18. The first-order chi connectivity index (χ1) is 20.5. The molecular formula is C30H37NO13. The molecule has 4 bridgehead atoms. The van der Waals surface area contributed by atoms with Gasteiger partial charge in [-0.05, 0) is 38.8 Å². The van der Waals surface area contributed by atoms with Gasteiger partial charge in [0.15, 0.2) is 11.7 Å². The van der Waals surface area contributed by atoms with Crippen LogP contribution in [0.2, 0.25) is 0 Å². The fraction of sp³-hybridized carbons (Fsp3) is 0.667. The molecule has 3 N–H and O–H groups in total. The number of pyridine rings is 1. The summed E-state index contributed by atoms with van der Waals surface area (Å²) in [4.78, 5) is 69.7. The van der Waals surface area contributed by atoms with Gasteiger partial charge in [0.2, 0.25) is 0 Å². The Hall–Kier alpha value is -3.46. The van der Waals surface area contributed by atoms with Crippen LogP contribution < -0.4 is 0 Å². The van der Waals surface area contributed by atoms with E-state index in [2.05, 4.69) is 4.98 Å². The molecule has 14 heteroatoms. The average Bonchev–Trinajstić information content (AvgIpc) is 3.17. The molecule has 0 radical (unpaired) electrons. The summed E-state index contributed by atoms with van der Waals surface area (Å²) in [6.45, 7) is 4.97. The Bertz CT molecular complexity index is 1390. The van der Waals surface area contributed by atoms with Crippen LogP contribution in [0.15, 0.2) is 18.3 Å². The van der Waals surface area contributed by atoms with Crippen molar-refractivity contribution >= 4 is 29.7 Å². The minimum Gasteiger partial charge on any atom is -0.465 e. The van der Waals surface area contributed by atoms with Crippen LogP contribution in [0.4, 0.5) is 0 Å². The molecule has 1 aromatic heterocycles. The maximum absolute atomic E-state index is 14.0. The van der Waals surface area contributed by atoms with E-state index >= 15 is 0 Å². The molecule has 10 atom stereocenters. The van der Waals surface area contributed by atoms with Gasteiger partial charge in [-0.25, -0.2) is 4.79 Å². The third-order valence-corrected chi connectivity index (χ3v) is 9.72. The Morgan fingerprint density at radius 3 is 2.50 bits per heavy atom. The number of carbonyl (C=O) groups is 5. The van der Waals surface area contributed by atoms with Gasteiger partial charge in [0.25, 0.3) is 0 Å². The standard InChI is InChI=1S/C30H37NO13/c1-14-8-9-18-17(7-6-10-31-18)26(38)41-12-27(4)20-19(34)11-29(13-40-15(2)32)22(36)21(35)24(43-25(14)37)28(5,39)30(29,44-27)23(20)42-16(3)33/h6-7,10,14,20-24,35-36,39H,8-9,11-13H2,1-5H3/t14-,20+,21+,22-,23+,24-,27-,28-,29-,30-/m0/s1. The molecule has 0 aromatic carbocycles. The topological polar surface area (TPSA) is 205 Å². The highest BCUT2D eigenvalue weighted by atomic mass is 16.6. The second-order valence-corrected chi connectivity index (χ2v) is 12.7. The van der Waals surface area contributed by atoms with Crippen molar-refractivity contribution in [2.75, 3.05) is 13.2 Å². The summed E-state index contributed by atoms with van der Waals surface area (Å²) < 4.78 is 29.1. The lowest BCUT2D eigenvalue weighted by Gasteiger charge is -2.64. The number of aryl methyl sites for hydroxylation is 1. The second kappa shape index (κ2) is 10.9. The molecule has 44 heavy (non-hydrogen) atoms. The van der Waals surface area contributed by atoms with Crippen molar-refractivity contribution in [2.24, 2.45) is 17.3 Å². The average molecular weight is 620 g/mol. The van der Waals surface area contributed by atoms with Crippen LogP contribution in [0.1, 0.15) is 63.5 Å². The number of aliphatic hydroxyl groups is 3. The van der Waals surface area contributed by atoms with Gasteiger partial charge in [-0.2, -0.15) is 0 Å². The van der Waals surface area contributed by atoms with E-state index in [4.69, 9.17) is 23.7 Å². The van der Waals surface area contributed by atoms with Crippen LogP contribution in [0, 0.1) is 17.3 Å². The van der Waals surface area contributed by atoms with E-state index in [1.54, 1.807) is 13.0 Å². The molecule has 0 amide bonds. The van der Waals surface area contributed by atoms with E-state index in [0.717, 1.165) is 13.8 Å². The van der Waals surface area contributed by atoms with Gasteiger partial charge in [0, 0.05) is 26.5 Å². The first-order valence-corrected chi connectivity index (χ1v) is 14.5. The molecule has 3 fully saturated rings. The summed E-state index contributed by atoms with van der Waals surface area (Å²) in [7, 11) is 0. The smallest absolute Gasteiger partial charge is 0.340 e. The molecule has 0 unspecified atom stereocenters. The third kappa shape index (κ3) is 4.53. The molecule has 1 spiro atoms. The quantitative estimate of drug-likeness (QED) is 0.297. The zero-order valence-corrected chi connectivity index (χ0v) is 25.1. The predicted molar refractivity (Wildman–Crippen MR) is 144 cm³/mol. The second-order valence-electron chi connectivity index (χ2n) is 12.7. The summed E-state index contributed by atoms with van der Waals surface area (Å²) in [6.07, 6.45) is -6.34. The number of hydrogen-bond donors (Lipinski definition) is 3. The van der Waals surface area contributed by atoms with Crippen LogP contribution in [0.3, 0.4) is 0 Å². The lowest BCUT2D eigenvalue weighted by Crippen LogP contribution is -2.85. The monoisotopic (exact) mass is 619 g/mol. The highest BCUT2D eigenvalue weighted by Gasteiger charge is 2.87. The summed E-state index contributed by atoms with van der Waals surface area (Å²) in [5, 5.41) is 35.7. The van der Waals surface area contributed by atoms with Crippen molar-refractivity contribution in [1.82, 2.24) is 4.98 Å². The molecule has 2 aliphatic carbocycles. The largest absolute Gasteiger partial charge is 0.465 e. The van der Waals surface area contributed by atoms with E-state index in [1.165, 1.54) is 26.1 Å². The number of nitrogens with zero attached hydrogens (tertiary/aromatic N) is 1. The molecule has 1 saturated heterocycles. The molecule has 4 aliphatic rings. The molecule has 1 aromatic rings. The number of rotatable bonds is 3. The van der Waals surface area contributed by atoms with Gasteiger partial charge in [-0.15, -0.1) is 0 Å². The number of ketones is 1. The summed E-state index contributed by atoms with van der Waals surface area (Å²) >= 11 is 0. The van der Waals surface area contributed by atoms with Crippen molar-refractivity contribution in [1.29, 1.82) is 0 Å². The number of fused-ring (bicyclic) bond motifs is 5. The fourth-order valence-corrected chi connectivity index (χ4v) is 7.68. The molecule has 5 rings (SSSR count). The first kappa shape index (κ1) is 31.9. The van der Waals surface area contributed by atoms with Gasteiger partial charge in [0.1, 0.15) is 42.4 Å². The number of esters is 4. The van der Waals surface area contributed by atoms with Crippen LogP contribution in [-0.4, -0.2) is 104 Å². The predicted octanol–water partition coefficient (Wildman–Crippen LogP) is -0.183. The molecule has 2 aliphatic heterocycles. The molecule has 3 heterocycles. The lowest BCUT2D eigenvalue weighted by molar-refractivity contribution is -0.364. The SMILES string of the molecule is CC(=O)OC[C@]12CC(=O)[C@@H]3[C@@H](OC(C)=O)[C@@]14O[C@@]3(C)COC(=O)c1cccnc1CC[C@H](C)C(=O)O[C@@H]([C@H](O)[C@@H]2O)[C@]4(C)O. The third-order valence-electron chi connectivity index (χ3n) is 9.72. The number of ether oxygens (including phenoxy) is 5. The Balaban J connectivity index is 1.76. The van der Waals surface area contributed by atoms with Crippen molar-refractivity contribution in [2.45, 2.75) is 95.1 Å². The summed E-state index contributed by atoms with van der Waals surface area (Å²) in [5.41, 5.74) is -8.27. The first-order valence-electron chi connectivity index (χ1n) is 14.5. The zero-order valence-electron chi connectivity index (χ0n) is 25.1. The number of aromatic nitrogens is 1.